The second-order valence-electron chi connectivity index (χ2n) is 4.23. The summed E-state index contributed by atoms with van der Waals surface area (Å²) in [5.41, 5.74) is 0.863. The molecule has 1 aromatic rings. The first-order chi connectivity index (χ1) is 9.15. The molecule has 0 fully saturated rings. The summed E-state index contributed by atoms with van der Waals surface area (Å²) in [4.78, 5) is 11.2. The standard InChI is InChI=1S/C14H20FNO3/c1-3-13(9-19-14(17)10-18-2)16-8-11-5-4-6-12(15)7-11/h4-7,13,16H,3,8-10H2,1-2H3. The minimum absolute atomic E-state index is 0.0413. The smallest absolute Gasteiger partial charge is 0.332 e. The van der Waals surface area contributed by atoms with Crippen LogP contribution in [0.1, 0.15) is 18.9 Å². The number of methoxy groups -OCH3 is 1. The Morgan fingerprint density at radius 3 is 2.89 bits per heavy atom. The second-order valence-corrected chi connectivity index (χ2v) is 4.23. The van der Waals surface area contributed by atoms with Gasteiger partial charge in [0.05, 0.1) is 0 Å². The molecule has 1 atom stereocenters. The number of nitrogens with one attached hydrogen (secondary N) is 1. The number of carbonyl (C=O) groups excluding carboxylic acids is 1. The molecule has 1 unspecified atom stereocenters. The summed E-state index contributed by atoms with van der Waals surface area (Å²) < 4.78 is 22.7. The minimum Gasteiger partial charge on any atom is -0.462 e. The molecule has 0 heterocycles. The maximum atomic E-state index is 13.0. The Morgan fingerprint density at radius 1 is 1.47 bits per heavy atom. The van der Waals surface area contributed by atoms with Crippen LogP contribution in [0.15, 0.2) is 24.3 Å². The van der Waals surface area contributed by atoms with Gasteiger partial charge < -0.3 is 14.8 Å². The van der Waals surface area contributed by atoms with Gasteiger partial charge in [-0.3, -0.25) is 0 Å². The van der Waals surface area contributed by atoms with Gasteiger partial charge in [0.1, 0.15) is 19.0 Å². The lowest BCUT2D eigenvalue weighted by atomic mass is 10.2. The monoisotopic (exact) mass is 269 g/mol. The molecule has 0 aromatic heterocycles. The van der Waals surface area contributed by atoms with Crippen LogP contribution in [-0.4, -0.2) is 32.3 Å². The fourth-order valence-electron chi connectivity index (χ4n) is 1.58. The summed E-state index contributed by atoms with van der Waals surface area (Å²) in [5, 5.41) is 3.23. The Labute approximate surface area is 112 Å². The molecule has 1 aromatic carbocycles. The molecule has 19 heavy (non-hydrogen) atoms. The van der Waals surface area contributed by atoms with Crippen molar-refractivity contribution in [3.05, 3.63) is 35.6 Å². The molecule has 0 radical (unpaired) electrons. The van der Waals surface area contributed by atoms with Crippen LogP contribution in [0, 0.1) is 5.82 Å². The Kier molecular flexibility index (Phi) is 7.07. The van der Waals surface area contributed by atoms with E-state index in [0.29, 0.717) is 6.54 Å². The normalized spacial score (nSPS) is 12.2. The van der Waals surface area contributed by atoms with Crippen molar-refractivity contribution in [3.63, 3.8) is 0 Å². The number of esters is 1. The molecule has 1 N–H and O–H groups in total. The second kappa shape index (κ2) is 8.61. The van der Waals surface area contributed by atoms with Gasteiger partial charge in [0, 0.05) is 19.7 Å². The van der Waals surface area contributed by atoms with Crippen LogP contribution < -0.4 is 5.32 Å². The molecular formula is C14H20FNO3. The highest BCUT2D eigenvalue weighted by Gasteiger charge is 2.09. The lowest BCUT2D eigenvalue weighted by Crippen LogP contribution is -2.33. The number of carbonyl (C=O) groups is 1. The zero-order chi connectivity index (χ0) is 14.1. The van der Waals surface area contributed by atoms with Crippen molar-refractivity contribution < 1.29 is 18.7 Å². The number of hydrogen-bond acceptors (Lipinski definition) is 4. The van der Waals surface area contributed by atoms with E-state index in [2.05, 4.69) is 10.1 Å². The van der Waals surface area contributed by atoms with E-state index in [1.54, 1.807) is 6.07 Å². The molecule has 1 rings (SSSR count). The predicted octanol–water partition coefficient (Wildman–Crippen LogP) is 1.88. The van der Waals surface area contributed by atoms with Crippen molar-refractivity contribution in [2.24, 2.45) is 0 Å². The first-order valence-electron chi connectivity index (χ1n) is 6.28. The molecule has 0 saturated heterocycles. The fraction of sp³-hybridized carbons (Fsp3) is 0.500. The number of benzene rings is 1. The molecule has 5 heteroatoms. The van der Waals surface area contributed by atoms with Crippen molar-refractivity contribution >= 4 is 5.97 Å². The third kappa shape index (κ3) is 6.31. The van der Waals surface area contributed by atoms with Crippen molar-refractivity contribution in [3.8, 4) is 0 Å². The summed E-state index contributed by atoms with van der Waals surface area (Å²) in [6.07, 6.45) is 0.815. The van der Waals surface area contributed by atoms with Crippen LogP contribution in [-0.2, 0) is 20.8 Å². The molecule has 0 amide bonds. The Morgan fingerprint density at radius 2 is 2.26 bits per heavy atom. The maximum Gasteiger partial charge on any atom is 0.332 e. The summed E-state index contributed by atoms with van der Waals surface area (Å²) in [7, 11) is 1.45. The quantitative estimate of drug-likeness (QED) is 0.732. The predicted molar refractivity (Wildman–Crippen MR) is 70.2 cm³/mol. The highest BCUT2D eigenvalue weighted by molar-refractivity contribution is 5.70. The molecule has 0 bridgehead atoms. The Balaban J connectivity index is 2.34. The van der Waals surface area contributed by atoms with E-state index >= 15 is 0 Å². The molecule has 0 aliphatic heterocycles. The number of rotatable bonds is 8. The van der Waals surface area contributed by atoms with Crippen LogP contribution in [0.5, 0.6) is 0 Å². The number of hydrogen-bond donors (Lipinski definition) is 1. The summed E-state index contributed by atoms with van der Waals surface area (Å²) in [5.74, 6) is -0.632. The third-order valence-corrected chi connectivity index (χ3v) is 2.68. The first kappa shape index (κ1) is 15.6. The van der Waals surface area contributed by atoms with Gasteiger partial charge >= 0.3 is 5.97 Å². The van der Waals surface area contributed by atoms with E-state index in [0.717, 1.165) is 12.0 Å². The van der Waals surface area contributed by atoms with Crippen LogP contribution in [0.2, 0.25) is 0 Å². The van der Waals surface area contributed by atoms with Crippen LogP contribution in [0.25, 0.3) is 0 Å². The van der Waals surface area contributed by atoms with Gasteiger partial charge in [0.25, 0.3) is 0 Å². The average molecular weight is 269 g/mol. The van der Waals surface area contributed by atoms with E-state index in [-0.39, 0.29) is 31.0 Å². The van der Waals surface area contributed by atoms with Crippen molar-refractivity contribution in [1.29, 1.82) is 0 Å². The van der Waals surface area contributed by atoms with Gasteiger partial charge in [0.15, 0.2) is 0 Å². The molecular weight excluding hydrogens is 249 g/mol. The van der Waals surface area contributed by atoms with Gasteiger partial charge in [-0.1, -0.05) is 19.1 Å². The van der Waals surface area contributed by atoms with E-state index in [9.17, 15) is 9.18 Å². The average Bonchev–Trinajstić information content (AvgIpc) is 2.39. The highest BCUT2D eigenvalue weighted by atomic mass is 19.1. The molecule has 4 nitrogen and oxygen atoms in total. The topological polar surface area (TPSA) is 47.6 Å². The zero-order valence-corrected chi connectivity index (χ0v) is 11.3. The van der Waals surface area contributed by atoms with Gasteiger partial charge in [0.2, 0.25) is 0 Å². The van der Waals surface area contributed by atoms with Gasteiger partial charge in [-0.05, 0) is 24.1 Å². The van der Waals surface area contributed by atoms with Crippen LogP contribution >= 0.6 is 0 Å². The lowest BCUT2D eigenvalue weighted by Gasteiger charge is -2.17. The Hall–Kier alpha value is -1.46. The van der Waals surface area contributed by atoms with Crippen molar-refractivity contribution in [2.75, 3.05) is 20.3 Å². The first-order valence-corrected chi connectivity index (χ1v) is 6.28. The van der Waals surface area contributed by atoms with Crippen molar-refractivity contribution in [2.45, 2.75) is 25.9 Å². The van der Waals surface area contributed by atoms with Crippen LogP contribution in [0.4, 0.5) is 4.39 Å². The SMILES string of the molecule is CCC(COC(=O)COC)NCc1cccc(F)c1. The maximum absolute atomic E-state index is 13.0. The van der Waals surface area contributed by atoms with E-state index < -0.39 is 0 Å². The lowest BCUT2D eigenvalue weighted by molar-refractivity contribution is -0.148. The Bertz CT molecular complexity index is 398. The highest BCUT2D eigenvalue weighted by Crippen LogP contribution is 2.04. The van der Waals surface area contributed by atoms with Gasteiger partial charge in [-0.2, -0.15) is 0 Å². The molecule has 0 saturated carbocycles. The summed E-state index contributed by atoms with van der Waals surface area (Å²) in [6.45, 7) is 2.78. The van der Waals surface area contributed by atoms with E-state index in [4.69, 9.17) is 4.74 Å². The fourth-order valence-corrected chi connectivity index (χ4v) is 1.58. The van der Waals surface area contributed by atoms with Crippen molar-refractivity contribution in [1.82, 2.24) is 5.32 Å². The van der Waals surface area contributed by atoms with Crippen LogP contribution in [0.3, 0.4) is 0 Å². The van der Waals surface area contributed by atoms with E-state index in [1.165, 1.54) is 19.2 Å². The van der Waals surface area contributed by atoms with E-state index in [1.807, 2.05) is 13.0 Å². The van der Waals surface area contributed by atoms with Gasteiger partial charge in [-0.15, -0.1) is 0 Å². The molecule has 106 valence electrons. The largest absolute Gasteiger partial charge is 0.462 e. The summed E-state index contributed by atoms with van der Waals surface area (Å²) >= 11 is 0. The molecule has 0 spiro atoms. The number of halogens is 1. The summed E-state index contributed by atoms with van der Waals surface area (Å²) in [6, 6.07) is 6.46. The minimum atomic E-state index is -0.381. The third-order valence-electron chi connectivity index (χ3n) is 2.68. The van der Waals surface area contributed by atoms with Gasteiger partial charge in [-0.25, -0.2) is 9.18 Å². The molecule has 0 aliphatic rings. The molecule has 0 aliphatic carbocycles. The number of ether oxygens (including phenoxy) is 2. The zero-order valence-electron chi connectivity index (χ0n) is 11.3.